The Balaban J connectivity index is 2.32. The van der Waals surface area contributed by atoms with Crippen LogP contribution in [0.2, 0.25) is 0 Å². The molecule has 130 valence electrons. The summed E-state index contributed by atoms with van der Waals surface area (Å²) in [6, 6.07) is 8.72. The Hall–Kier alpha value is -3.42. The number of carbonyl (C=O) groups excluding carboxylic acids is 2. The molecule has 0 unspecified atom stereocenters. The van der Waals surface area contributed by atoms with Crippen LogP contribution < -0.4 is 15.4 Å². The molecule has 0 aliphatic rings. The fraction of sp³-hybridized carbons (Fsp3) is 0.176. The molecule has 0 saturated carbocycles. The normalized spacial score (nSPS) is 10.0. The number of rotatable bonds is 5. The topological polar surface area (TPSA) is 111 Å². The Morgan fingerprint density at radius 1 is 1.08 bits per heavy atom. The van der Waals surface area contributed by atoms with Crippen molar-refractivity contribution >= 4 is 23.2 Å². The lowest BCUT2D eigenvalue weighted by Gasteiger charge is -2.12. The van der Waals surface area contributed by atoms with Gasteiger partial charge in [0.2, 0.25) is 0 Å². The number of nitrogens with one attached hydrogen (secondary N) is 2. The maximum Gasteiger partial charge on any atom is 0.272 e. The van der Waals surface area contributed by atoms with Crippen molar-refractivity contribution in [3.63, 3.8) is 0 Å². The molecule has 8 nitrogen and oxygen atoms in total. The van der Waals surface area contributed by atoms with Crippen molar-refractivity contribution in [2.45, 2.75) is 6.92 Å². The molecule has 0 saturated heterocycles. The zero-order valence-corrected chi connectivity index (χ0v) is 14.0. The van der Waals surface area contributed by atoms with E-state index in [1.807, 2.05) is 0 Å². The van der Waals surface area contributed by atoms with E-state index in [0.29, 0.717) is 22.6 Å². The van der Waals surface area contributed by atoms with Crippen LogP contribution >= 0.6 is 0 Å². The number of nitrogens with zero attached hydrogens (tertiary/aromatic N) is 1. The van der Waals surface area contributed by atoms with Gasteiger partial charge in [-0.05, 0) is 37.3 Å². The highest BCUT2D eigenvalue weighted by molar-refractivity contribution is 6.06. The second-order valence-electron chi connectivity index (χ2n) is 5.21. The third kappa shape index (κ3) is 3.92. The Labute approximate surface area is 144 Å². The molecule has 2 N–H and O–H groups in total. The maximum atomic E-state index is 12.4. The molecule has 0 aliphatic carbocycles. The average Bonchev–Trinajstić information content (AvgIpc) is 2.60. The number of benzene rings is 2. The van der Waals surface area contributed by atoms with Crippen LogP contribution in [0.15, 0.2) is 36.4 Å². The zero-order valence-electron chi connectivity index (χ0n) is 14.0. The van der Waals surface area contributed by atoms with E-state index in [4.69, 9.17) is 4.74 Å². The van der Waals surface area contributed by atoms with Crippen LogP contribution in [0.5, 0.6) is 5.75 Å². The lowest BCUT2D eigenvalue weighted by atomic mass is 10.1. The molecule has 0 heterocycles. The number of ether oxygens (including phenoxy) is 1. The van der Waals surface area contributed by atoms with Crippen LogP contribution in [0.25, 0.3) is 0 Å². The standard InChI is InChI=1S/C17H17N3O5/c1-10-8-11(4-6-14(10)20(23)24)17(22)19-13-9-12(16(21)18-2)5-7-15(13)25-3/h4-9H,1-3H3,(H,18,21)(H,19,22). The minimum atomic E-state index is -0.507. The van der Waals surface area contributed by atoms with Gasteiger partial charge in [0.05, 0.1) is 17.7 Å². The van der Waals surface area contributed by atoms with E-state index in [0.717, 1.165) is 0 Å². The van der Waals surface area contributed by atoms with E-state index in [1.165, 1.54) is 38.4 Å². The number of anilines is 1. The number of nitro groups is 1. The van der Waals surface area contributed by atoms with Crippen molar-refractivity contribution in [2.24, 2.45) is 0 Å². The largest absolute Gasteiger partial charge is 0.495 e. The molecule has 0 atom stereocenters. The van der Waals surface area contributed by atoms with E-state index in [2.05, 4.69) is 10.6 Å². The predicted molar refractivity (Wildman–Crippen MR) is 92.2 cm³/mol. The number of hydrogen-bond donors (Lipinski definition) is 2. The van der Waals surface area contributed by atoms with Crippen LogP contribution in [-0.4, -0.2) is 30.9 Å². The van der Waals surface area contributed by atoms with Crippen LogP contribution in [0.4, 0.5) is 11.4 Å². The van der Waals surface area contributed by atoms with E-state index in [9.17, 15) is 19.7 Å². The molecule has 0 aliphatic heterocycles. The van der Waals surface area contributed by atoms with Crippen LogP contribution in [0.1, 0.15) is 26.3 Å². The zero-order chi connectivity index (χ0) is 18.6. The van der Waals surface area contributed by atoms with E-state index >= 15 is 0 Å². The Morgan fingerprint density at radius 2 is 1.72 bits per heavy atom. The first-order valence-corrected chi connectivity index (χ1v) is 7.34. The molecular formula is C17H17N3O5. The summed E-state index contributed by atoms with van der Waals surface area (Å²) in [7, 11) is 2.95. The summed E-state index contributed by atoms with van der Waals surface area (Å²) >= 11 is 0. The van der Waals surface area contributed by atoms with Crippen LogP contribution in [0, 0.1) is 17.0 Å². The van der Waals surface area contributed by atoms with E-state index in [1.54, 1.807) is 19.1 Å². The van der Waals surface area contributed by atoms with Gasteiger partial charge in [0.1, 0.15) is 5.75 Å². The molecule has 0 spiro atoms. The van der Waals surface area contributed by atoms with E-state index < -0.39 is 10.8 Å². The number of aryl methyl sites for hydroxylation is 1. The highest BCUT2D eigenvalue weighted by Gasteiger charge is 2.16. The molecule has 0 aromatic heterocycles. The Bertz CT molecular complexity index is 848. The quantitative estimate of drug-likeness (QED) is 0.640. The third-order valence-corrected chi connectivity index (χ3v) is 3.59. The average molecular weight is 343 g/mol. The van der Waals surface area contributed by atoms with Crippen molar-refractivity contribution in [3.8, 4) is 5.75 Å². The van der Waals surface area contributed by atoms with Gasteiger partial charge in [0, 0.05) is 29.8 Å². The van der Waals surface area contributed by atoms with Crippen molar-refractivity contribution in [3.05, 3.63) is 63.2 Å². The second-order valence-corrected chi connectivity index (χ2v) is 5.21. The smallest absolute Gasteiger partial charge is 0.272 e. The second kappa shape index (κ2) is 7.43. The highest BCUT2D eigenvalue weighted by atomic mass is 16.6. The summed E-state index contributed by atoms with van der Waals surface area (Å²) in [4.78, 5) is 34.5. The summed E-state index contributed by atoms with van der Waals surface area (Å²) in [6.07, 6.45) is 0. The monoisotopic (exact) mass is 343 g/mol. The lowest BCUT2D eigenvalue weighted by Crippen LogP contribution is -2.19. The highest BCUT2D eigenvalue weighted by Crippen LogP contribution is 2.27. The van der Waals surface area contributed by atoms with Gasteiger partial charge in [-0.15, -0.1) is 0 Å². The molecule has 0 radical (unpaired) electrons. The minimum Gasteiger partial charge on any atom is -0.495 e. The number of methoxy groups -OCH3 is 1. The SMILES string of the molecule is CNC(=O)c1ccc(OC)c(NC(=O)c2ccc([N+](=O)[O-])c(C)c2)c1. The Morgan fingerprint density at radius 3 is 2.28 bits per heavy atom. The van der Waals surface area contributed by atoms with Gasteiger partial charge < -0.3 is 15.4 Å². The summed E-state index contributed by atoms with van der Waals surface area (Å²) < 4.78 is 5.19. The number of hydrogen-bond acceptors (Lipinski definition) is 5. The van der Waals surface area contributed by atoms with Gasteiger partial charge in [0.25, 0.3) is 17.5 Å². The minimum absolute atomic E-state index is 0.0595. The first kappa shape index (κ1) is 17.9. The number of amides is 2. The fourth-order valence-electron chi connectivity index (χ4n) is 2.29. The molecule has 8 heteroatoms. The molecule has 2 aromatic carbocycles. The molecular weight excluding hydrogens is 326 g/mol. The fourth-order valence-corrected chi connectivity index (χ4v) is 2.29. The maximum absolute atomic E-state index is 12.4. The summed E-state index contributed by atoms with van der Waals surface area (Å²) in [5.41, 5.74) is 1.26. The molecule has 0 fully saturated rings. The Kier molecular flexibility index (Phi) is 5.33. The predicted octanol–water partition coefficient (Wildman–Crippen LogP) is 2.52. The first-order chi connectivity index (χ1) is 11.9. The number of carbonyl (C=O) groups is 2. The molecule has 0 bridgehead atoms. The van der Waals surface area contributed by atoms with Gasteiger partial charge in [-0.2, -0.15) is 0 Å². The van der Waals surface area contributed by atoms with Crippen molar-refractivity contribution in [1.29, 1.82) is 0 Å². The van der Waals surface area contributed by atoms with Crippen molar-refractivity contribution in [1.82, 2.24) is 5.32 Å². The van der Waals surface area contributed by atoms with Crippen LogP contribution in [0.3, 0.4) is 0 Å². The summed E-state index contributed by atoms with van der Waals surface area (Å²) in [5.74, 6) is -0.380. The molecule has 25 heavy (non-hydrogen) atoms. The van der Waals surface area contributed by atoms with E-state index in [-0.39, 0.29) is 17.2 Å². The molecule has 2 rings (SSSR count). The summed E-state index contributed by atoms with van der Waals surface area (Å²) in [5, 5.41) is 16.0. The molecule has 2 amide bonds. The van der Waals surface area contributed by atoms with Crippen molar-refractivity contribution < 1.29 is 19.2 Å². The van der Waals surface area contributed by atoms with Gasteiger partial charge in [-0.25, -0.2) is 0 Å². The number of nitro benzene ring substituents is 1. The van der Waals surface area contributed by atoms with Crippen LogP contribution in [-0.2, 0) is 0 Å². The van der Waals surface area contributed by atoms with Gasteiger partial charge in [0.15, 0.2) is 0 Å². The molecule has 2 aromatic rings. The summed E-state index contributed by atoms with van der Waals surface area (Å²) in [6.45, 7) is 1.56. The van der Waals surface area contributed by atoms with Gasteiger partial charge in [-0.3, -0.25) is 19.7 Å². The lowest BCUT2D eigenvalue weighted by molar-refractivity contribution is -0.385. The van der Waals surface area contributed by atoms with Gasteiger partial charge in [-0.1, -0.05) is 0 Å². The van der Waals surface area contributed by atoms with Gasteiger partial charge >= 0.3 is 0 Å². The van der Waals surface area contributed by atoms with Crippen molar-refractivity contribution in [2.75, 3.05) is 19.5 Å². The first-order valence-electron chi connectivity index (χ1n) is 7.34. The third-order valence-electron chi connectivity index (χ3n) is 3.59.